The average molecular weight is 1260 g/mol. The fourth-order valence-electron chi connectivity index (χ4n) is 7.67. The van der Waals surface area contributed by atoms with Crippen molar-refractivity contribution in [3.8, 4) is 57.1 Å². The SMILES string of the molecule is C=C=C(C)OOCCCCOc1ccc(/C=C/C(=O)Oc2ccc(-c3ccc(OC(=O)/C=C/c4ccc(OCCCCOC=C)c(OCCCCOC=C)c4OCCCCOOC(C)=C=C)cc3)cc2)c(OCCCCOC=C)c1OCCCCOOC(C)=C=C. The summed E-state index contributed by atoms with van der Waals surface area (Å²) in [5.74, 6) is 3.21. The minimum absolute atomic E-state index is 0.292. The van der Waals surface area contributed by atoms with E-state index >= 15 is 0 Å². The Hall–Kier alpha value is -9.44. The number of benzene rings is 4. The quantitative estimate of drug-likeness (QED) is 0.00592. The summed E-state index contributed by atoms with van der Waals surface area (Å²) in [7, 11) is 0. The second-order valence-corrected chi connectivity index (χ2v) is 19.5. The number of carbonyl (C=O) groups is 2. The third-order valence-electron chi connectivity index (χ3n) is 12.5. The second kappa shape index (κ2) is 46.6. The van der Waals surface area contributed by atoms with Crippen LogP contribution in [0.15, 0.2) is 178 Å². The molecule has 0 spiro atoms. The summed E-state index contributed by atoms with van der Waals surface area (Å²) in [6.07, 6.45) is 18.1. The lowest BCUT2D eigenvalue weighted by Crippen LogP contribution is -2.09. The van der Waals surface area contributed by atoms with Gasteiger partial charge < -0.3 is 66.8 Å². The first-order valence-corrected chi connectivity index (χ1v) is 30.3. The lowest BCUT2D eigenvalue weighted by molar-refractivity contribution is -0.261. The molecule has 0 aliphatic carbocycles. The third-order valence-corrected chi connectivity index (χ3v) is 12.5. The van der Waals surface area contributed by atoms with E-state index in [0.717, 1.165) is 30.4 Å². The van der Waals surface area contributed by atoms with Gasteiger partial charge in [-0.05, 0) is 149 Å². The molecule has 4 aromatic rings. The Kier molecular flexibility index (Phi) is 37.9. The Morgan fingerprint density at radius 3 is 0.956 bits per heavy atom. The van der Waals surface area contributed by atoms with Gasteiger partial charge in [-0.3, -0.25) is 0 Å². The summed E-state index contributed by atoms with van der Waals surface area (Å²) in [4.78, 5) is 57.8. The molecule has 490 valence electrons. The minimum Gasteiger partial charge on any atom is -0.502 e. The fourth-order valence-corrected chi connectivity index (χ4v) is 7.67. The molecule has 0 heterocycles. The van der Waals surface area contributed by atoms with Crippen LogP contribution in [0.2, 0.25) is 0 Å². The van der Waals surface area contributed by atoms with Crippen molar-refractivity contribution in [1.82, 2.24) is 0 Å². The maximum atomic E-state index is 13.4. The molecule has 4 rings (SSSR count). The van der Waals surface area contributed by atoms with Gasteiger partial charge in [0, 0.05) is 44.1 Å². The number of esters is 2. The van der Waals surface area contributed by atoms with Gasteiger partial charge >= 0.3 is 11.9 Å². The lowest BCUT2D eigenvalue weighted by atomic mass is 10.1. The number of allylic oxidation sites excluding steroid dienone is 3. The standard InChI is InChI=1S/C72H88O19/c1-10-56(7)89-84-53-25-22-48-79-66-41-33-61(69(80-49-20-17-45-76-14-5)72(66)83-52-24-27-55-86-91-58(9)12-3)34-42-67(73)87-63-36-28-59(29-37-63)60-30-38-64(39-31-60)88-68(74)43-35-62-32-40-65(78-47-19-16-44-75-13-4)71(82-51-21-18-46-77-15-6)70(62)81-50-23-26-54-85-90-57(8)11-2/h13-15,28-43H,1-6,16-27,44-55H2,7-9H3/b42-34+,43-35+. The van der Waals surface area contributed by atoms with Gasteiger partial charge in [-0.2, -0.15) is 14.7 Å². The number of rotatable bonds is 52. The molecule has 0 atom stereocenters. The van der Waals surface area contributed by atoms with Crippen molar-refractivity contribution in [1.29, 1.82) is 0 Å². The predicted octanol–water partition coefficient (Wildman–Crippen LogP) is 15.9. The van der Waals surface area contributed by atoms with Crippen LogP contribution in [0.25, 0.3) is 23.3 Å². The monoisotopic (exact) mass is 1260 g/mol. The molecule has 19 nitrogen and oxygen atoms in total. The first kappa shape index (κ1) is 74.0. The van der Waals surface area contributed by atoms with Gasteiger partial charge in [-0.15, -0.1) is 0 Å². The van der Waals surface area contributed by atoms with Gasteiger partial charge in [-0.25, -0.2) is 9.59 Å². The first-order valence-electron chi connectivity index (χ1n) is 30.3. The van der Waals surface area contributed by atoms with Gasteiger partial charge in [0.05, 0.1) is 98.1 Å². The Labute approximate surface area is 536 Å². The van der Waals surface area contributed by atoms with Gasteiger partial charge in [0.1, 0.15) is 11.5 Å². The predicted molar refractivity (Wildman–Crippen MR) is 347 cm³/mol. The molecule has 0 bridgehead atoms. The average Bonchev–Trinajstić information content (AvgIpc) is 2.39. The molecule has 0 radical (unpaired) electrons. The van der Waals surface area contributed by atoms with Crippen molar-refractivity contribution in [2.24, 2.45) is 0 Å². The molecule has 0 saturated heterocycles. The molecule has 0 fully saturated rings. The molecule has 91 heavy (non-hydrogen) atoms. The highest BCUT2D eigenvalue weighted by Gasteiger charge is 2.20. The Balaban J connectivity index is 1.47. The Morgan fingerprint density at radius 1 is 0.363 bits per heavy atom. The molecule has 0 aromatic heterocycles. The van der Waals surface area contributed by atoms with Crippen molar-refractivity contribution in [3.63, 3.8) is 0 Å². The lowest BCUT2D eigenvalue weighted by Gasteiger charge is -2.19. The molecule has 0 N–H and O–H groups in total. The molecule has 0 amide bonds. The van der Waals surface area contributed by atoms with E-state index in [0.29, 0.717) is 211 Å². The molecule has 0 aliphatic rings. The van der Waals surface area contributed by atoms with Crippen LogP contribution in [0.4, 0.5) is 0 Å². The number of unbranched alkanes of at least 4 members (excludes halogenated alkanes) is 6. The van der Waals surface area contributed by atoms with Crippen LogP contribution >= 0.6 is 0 Å². The van der Waals surface area contributed by atoms with Gasteiger partial charge in [0.2, 0.25) is 11.5 Å². The topological polar surface area (TPSA) is 191 Å². The normalized spacial score (nSPS) is 10.6. The van der Waals surface area contributed by atoms with Crippen molar-refractivity contribution < 1.29 is 91.0 Å². The summed E-state index contributed by atoms with van der Waals surface area (Å²) in [5, 5.41) is 0. The van der Waals surface area contributed by atoms with Gasteiger partial charge in [0.15, 0.2) is 40.3 Å². The van der Waals surface area contributed by atoms with Crippen molar-refractivity contribution in [2.45, 2.75) is 97.8 Å². The zero-order valence-electron chi connectivity index (χ0n) is 52.9. The highest BCUT2D eigenvalue weighted by molar-refractivity contribution is 5.90. The van der Waals surface area contributed by atoms with Gasteiger partial charge in [0.25, 0.3) is 0 Å². The summed E-state index contributed by atoms with van der Waals surface area (Å²) in [6, 6.07) is 21.2. The molecule has 19 heteroatoms. The third kappa shape index (κ3) is 31.0. The van der Waals surface area contributed by atoms with Crippen molar-refractivity contribution >= 4 is 24.1 Å². The first-order chi connectivity index (χ1) is 44.5. The number of ether oxygens (including phenoxy) is 11. The van der Waals surface area contributed by atoms with E-state index in [1.54, 1.807) is 81.5 Å². The Morgan fingerprint density at radius 2 is 0.648 bits per heavy atom. The number of hydrogen-bond donors (Lipinski definition) is 0. The fraction of sp³-hybridized carbons (Fsp3) is 0.375. The van der Waals surface area contributed by atoms with Crippen molar-refractivity contribution in [3.05, 3.63) is 189 Å². The van der Waals surface area contributed by atoms with E-state index in [1.807, 2.05) is 24.3 Å². The summed E-state index contributed by atoms with van der Waals surface area (Å²) < 4.78 is 65.4. The second-order valence-electron chi connectivity index (χ2n) is 19.5. The highest BCUT2D eigenvalue weighted by atomic mass is 17.2. The van der Waals surface area contributed by atoms with Crippen LogP contribution in [0.1, 0.15) is 109 Å². The van der Waals surface area contributed by atoms with E-state index in [-0.39, 0.29) is 0 Å². The number of hydrogen-bond acceptors (Lipinski definition) is 19. The molecular weight excluding hydrogens is 1170 g/mol. The largest absolute Gasteiger partial charge is 0.502 e. The Bertz CT molecular complexity index is 3030. The molecule has 0 unspecified atom stereocenters. The zero-order chi connectivity index (χ0) is 65.4. The van der Waals surface area contributed by atoms with Crippen LogP contribution in [0, 0.1) is 0 Å². The maximum Gasteiger partial charge on any atom is 0.336 e. The van der Waals surface area contributed by atoms with Crippen LogP contribution in [0.5, 0.6) is 46.0 Å². The maximum absolute atomic E-state index is 13.4. The van der Waals surface area contributed by atoms with Gasteiger partial charge in [-0.1, -0.05) is 80.9 Å². The van der Waals surface area contributed by atoms with Crippen LogP contribution in [0.3, 0.4) is 0 Å². The summed E-state index contributed by atoms with van der Waals surface area (Å²) in [6.45, 7) is 31.0. The van der Waals surface area contributed by atoms with E-state index in [9.17, 15) is 9.59 Å². The molecule has 4 aromatic carbocycles. The summed E-state index contributed by atoms with van der Waals surface area (Å²) >= 11 is 0. The smallest absolute Gasteiger partial charge is 0.336 e. The zero-order valence-corrected chi connectivity index (χ0v) is 52.9. The number of carbonyl (C=O) groups excluding carboxylic acids is 2. The molecular formula is C72H88O19. The minimum atomic E-state index is -0.625. The highest BCUT2D eigenvalue weighted by Crippen LogP contribution is 2.43. The van der Waals surface area contributed by atoms with Crippen LogP contribution in [-0.2, 0) is 53.1 Å². The van der Waals surface area contributed by atoms with E-state index in [2.05, 4.69) is 56.7 Å². The van der Waals surface area contributed by atoms with E-state index < -0.39 is 11.9 Å². The van der Waals surface area contributed by atoms with E-state index in [4.69, 9.17) is 81.4 Å². The summed E-state index contributed by atoms with van der Waals surface area (Å²) in [5.41, 5.74) is 10.6. The van der Waals surface area contributed by atoms with Crippen molar-refractivity contribution in [2.75, 3.05) is 79.3 Å². The van der Waals surface area contributed by atoms with Crippen LogP contribution < -0.4 is 37.9 Å². The van der Waals surface area contributed by atoms with E-state index in [1.165, 1.54) is 30.9 Å². The molecule has 0 saturated carbocycles. The van der Waals surface area contributed by atoms with Crippen LogP contribution in [-0.4, -0.2) is 91.2 Å². The molecule has 0 aliphatic heterocycles.